The summed E-state index contributed by atoms with van der Waals surface area (Å²) in [6, 6.07) is 20.4. The molecule has 32 heavy (non-hydrogen) atoms. The Bertz CT molecular complexity index is 1320. The number of rotatable bonds is 2. The molecule has 0 aromatic heterocycles. The summed E-state index contributed by atoms with van der Waals surface area (Å²) < 4.78 is 0.510. The molecule has 3 aromatic carbocycles. The molecular weight excluding hydrogens is 472 g/mol. The maximum atomic E-state index is 13.9. The van der Waals surface area contributed by atoms with E-state index in [1.165, 1.54) is 12.1 Å². The van der Waals surface area contributed by atoms with Gasteiger partial charge in [0.15, 0.2) is 0 Å². The molecule has 1 fully saturated rings. The first-order chi connectivity index (χ1) is 15.4. The molecule has 158 valence electrons. The molecule has 2 amide bonds. The van der Waals surface area contributed by atoms with Crippen molar-refractivity contribution in [3.63, 3.8) is 0 Å². The third-order valence-corrected chi connectivity index (χ3v) is 7.91. The fourth-order valence-electron chi connectivity index (χ4n) is 6.22. The zero-order valence-corrected chi connectivity index (χ0v) is 18.6. The number of nitro benzene ring substituents is 1. The number of nitro groups is 1. The predicted octanol–water partition coefficient (Wildman–Crippen LogP) is 4.93. The maximum Gasteiger partial charge on any atom is 0.294 e. The van der Waals surface area contributed by atoms with Crippen molar-refractivity contribution in [2.24, 2.45) is 11.8 Å². The van der Waals surface area contributed by atoms with E-state index in [1.54, 1.807) is 6.07 Å². The molecule has 1 aliphatic heterocycles. The van der Waals surface area contributed by atoms with E-state index in [4.69, 9.17) is 0 Å². The molecule has 6 nitrogen and oxygen atoms in total. The molecule has 0 radical (unpaired) electrons. The van der Waals surface area contributed by atoms with Gasteiger partial charge in [-0.25, -0.2) is 4.90 Å². The van der Waals surface area contributed by atoms with Crippen molar-refractivity contribution in [2.75, 3.05) is 4.90 Å². The van der Waals surface area contributed by atoms with Crippen LogP contribution in [0.5, 0.6) is 0 Å². The third kappa shape index (κ3) is 2.19. The third-order valence-electron chi connectivity index (χ3n) is 7.42. The molecule has 0 spiro atoms. The summed E-state index contributed by atoms with van der Waals surface area (Å²) in [6.07, 6.45) is 0. The molecule has 7 heteroatoms. The van der Waals surface area contributed by atoms with E-state index < -0.39 is 22.2 Å². The van der Waals surface area contributed by atoms with Gasteiger partial charge < -0.3 is 0 Å². The lowest BCUT2D eigenvalue weighted by atomic mass is 9.48. The monoisotopic (exact) mass is 488 g/mol. The molecule has 7 rings (SSSR count). The van der Waals surface area contributed by atoms with Crippen LogP contribution in [0.1, 0.15) is 35.1 Å². The second kappa shape index (κ2) is 6.36. The van der Waals surface area contributed by atoms with Gasteiger partial charge in [-0.15, -0.1) is 0 Å². The fraction of sp³-hybridized carbons (Fsp3) is 0.200. The van der Waals surface area contributed by atoms with E-state index in [2.05, 4.69) is 15.9 Å². The number of amides is 2. The smallest absolute Gasteiger partial charge is 0.274 e. The number of carbonyl (C=O) groups excluding carboxylic acids is 2. The highest BCUT2D eigenvalue weighted by molar-refractivity contribution is 9.10. The van der Waals surface area contributed by atoms with Crippen LogP contribution in [0.25, 0.3) is 0 Å². The summed E-state index contributed by atoms with van der Waals surface area (Å²) >= 11 is 3.25. The highest BCUT2D eigenvalue weighted by Gasteiger charge is 2.66. The molecular formula is C25H17BrN2O4. The van der Waals surface area contributed by atoms with E-state index >= 15 is 0 Å². The normalized spacial score (nSPS) is 27.2. The first-order valence-electron chi connectivity index (χ1n) is 10.4. The first-order valence-corrected chi connectivity index (χ1v) is 11.2. The van der Waals surface area contributed by atoms with Crippen LogP contribution in [0.3, 0.4) is 0 Å². The summed E-state index contributed by atoms with van der Waals surface area (Å²) in [5.41, 5.74) is 3.28. The van der Waals surface area contributed by atoms with Crippen LogP contribution < -0.4 is 4.90 Å². The molecule has 3 aromatic rings. The van der Waals surface area contributed by atoms with Crippen LogP contribution in [0.4, 0.5) is 11.4 Å². The van der Waals surface area contributed by atoms with Crippen LogP contribution in [-0.2, 0) is 15.0 Å². The summed E-state index contributed by atoms with van der Waals surface area (Å²) in [5.74, 6) is -2.22. The maximum absolute atomic E-state index is 13.9. The van der Waals surface area contributed by atoms with E-state index in [9.17, 15) is 19.7 Å². The minimum absolute atomic E-state index is 0.0266. The highest BCUT2D eigenvalue weighted by Crippen LogP contribution is 2.64. The Kier molecular flexibility index (Phi) is 3.85. The quantitative estimate of drug-likeness (QED) is 0.291. The number of hydrogen-bond acceptors (Lipinski definition) is 4. The topological polar surface area (TPSA) is 80.5 Å². The Balaban J connectivity index is 1.61. The van der Waals surface area contributed by atoms with Crippen molar-refractivity contribution in [3.8, 4) is 0 Å². The van der Waals surface area contributed by atoms with Gasteiger partial charge in [0.05, 0.1) is 16.8 Å². The van der Waals surface area contributed by atoms with Crippen molar-refractivity contribution < 1.29 is 14.5 Å². The zero-order chi connectivity index (χ0) is 22.4. The molecule has 3 aliphatic carbocycles. The molecule has 0 saturated carbocycles. The average molecular weight is 489 g/mol. The van der Waals surface area contributed by atoms with Crippen LogP contribution in [0, 0.1) is 22.0 Å². The Morgan fingerprint density at radius 3 is 2.12 bits per heavy atom. The molecule has 2 bridgehead atoms. The summed E-state index contributed by atoms with van der Waals surface area (Å²) in [7, 11) is 0. The van der Waals surface area contributed by atoms with E-state index in [0.717, 1.165) is 27.2 Å². The fourth-order valence-corrected chi connectivity index (χ4v) is 6.57. The van der Waals surface area contributed by atoms with E-state index in [0.29, 0.717) is 4.47 Å². The van der Waals surface area contributed by atoms with Crippen molar-refractivity contribution in [1.29, 1.82) is 0 Å². The lowest BCUT2D eigenvalue weighted by Gasteiger charge is -2.52. The largest absolute Gasteiger partial charge is 0.294 e. The molecule has 2 atom stereocenters. The summed E-state index contributed by atoms with van der Waals surface area (Å²) in [4.78, 5) is 40.0. The number of nitrogens with zero attached hydrogens (tertiary/aromatic N) is 2. The Labute approximate surface area is 192 Å². The first kappa shape index (κ1) is 19.4. The summed E-state index contributed by atoms with van der Waals surface area (Å²) in [6.45, 7) is 2.03. The molecule has 2 unspecified atom stereocenters. The Morgan fingerprint density at radius 2 is 1.53 bits per heavy atom. The van der Waals surface area contributed by atoms with Crippen molar-refractivity contribution in [1.82, 2.24) is 0 Å². The highest BCUT2D eigenvalue weighted by atomic mass is 79.9. The standard InChI is InChI=1S/C25H17BrN2O4/c1-25-16-8-4-2-6-14(16)20(15-7-3-5-9-17(15)25)21-22(25)24(30)27(23(21)29)18-11-10-13(26)12-19(18)28(31)32/h2-12,20-22H,1H3. The van der Waals surface area contributed by atoms with Gasteiger partial charge in [-0.05, 0) is 34.4 Å². The van der Waals surface area contributed by atoms with Crippen LogP contribution in [-0.4, -0.2) is 16.7 Å². The predicted molar refractivity (Wildman–Crippen MR) is 121 cm³/mol. The molecule has 4 aliphatic rings. The van der Waals surface area contributed by atoms with Crippen LogP contribution >= 0.6 is 15.9 Å². The van der Waals surface area contributed by atoms with Crippen molar-refractivity contribution in [3.05, 3.63) is 104 Å². The van der Waals surface area contributed by atoms with Crippen molar-refractivity contribution >= 4 is 39.1 Å². The zero-order valence-electron chi connectivity index (χ0n) is 17.0. The van der Waals surface area contributed by atoms with Gasteiger partial charge in [-0.1, -0.05) is 71.4 Å². The van der Waals surface area contributed by atoms with Gasteiger partial charge in [0.1, 0.15) is 5.69 Å². The average Bonchev–Trinajstić information content (AvgIpc) is 3.06. The van der Waals surface area contributed by atoms with Gasteiger partial charge in [0.2, 0.25) is 11.8 Å². The van der Waals surface area contributed by atoms with Gasteiger partial charge in [-0.3, -0.25) is 19.7 Å². The number of benzene rings is 3. The van der Waals surface area contributed by atoms with Crippen LogP contribution in [0.2, 0.25) is 0 Å². The van der Waals surface area contributed by atoms with Gasteiger partial charge >= 0.3 is 0 Å². The number of halogens is 1. The van der Waals surface area contributed by atoms with E-state index in [-0.39, 0.29) is 29.1 Å². The number of hydrogen-bond donors (Lipinski definition) is 0. The second-order valence-electron chi connectivity index (χ2n) is 8.76. The molecule has 0 N–H and O–H groups in total. The minimum Gasteiger partial charge on any atom is -0.274 e. The SMILES string of the molecule is CC12c3ccccc3C(c3ccccc31)C1C(=O)N(c3ccc(Br)cc3[N+](=O)[O-])C(=O)C12. The Hall–Kier alpha value is -3.32. The second-order valence-corrected chi connectivity index (χ2v) is 9.68. The molecule has 1 heterocycles. The number of carbonyl (C=O) groups is 2. The van der Waals surface area contributed by atoms with Crippen molar-refractivity contribution in [2.45, 2.75) is 18.3 Å². The minimum atomic E-state index is -0.696. The van der Waals surface area contributed by atoms with Gasteiger partial charge in [0, 0.05) is 21.9 Å². The van der Waals surface area contributed by atoms with E-state index in [1.807, 2.05) is 55.5 Å². The lowest BCUT2D eigenvalue weighted by Crippen LogP contribution is -2.51. The summed E-state index contributed by atoms with van der Waals surface area (Å²) in [5, 5.41) is 11.8. The van der Waals surface area contributed by atoms with Gasteiger partial charge in [0.25, 0.3) is 5.69 Å². The van der Waals surface area contributed by atoms with Crippen LogP contribution in [0.15, 0.2) is 71.2 Å². The molecule has 1 saturated heterocycles. The van der Waals surface area contributed by atoms with Gasteiger partial charge in [-0.2, -0.15) is 0 Å². The number of imide groups is 1. The lowest BCUT2D eigenvalue weighted by molar-refractivity contribution is -0.384. The number of anilines is 1. The Morgan fingerprint density at radius 1 is 0.938 bits per heavy atom.